The quantitative estimate of drug-likeness (QED) is 0.796. The molecular formula is C17H18BrF2N. The third-order valence-corrected chi connectivity index (χ3v) is 4.11. The Morgan fingerprint density at radius 3 is 2.24 bits per heavy atom. The Balaban J connectivity index is 1.98. The van der Waals surface area contributed by atoms with Gasteiger partial charge in [-0.15, -0.1) is 0 Å². The SMILES string of the molecule is CC(Cc1ccc(F)cc1)NC(C)c1ccc(F)cc1Br. The molecule has 2 aromatic carbocycles. The molecule has 21 heavy (non-hydrogen) atoms. The third kappa shape index (κ3) is 4.61. The van der Waals surface area contributed by atoms with Crippen molar-refractivity contribution in [1.82, 2.24) is 5.32 Å². The van der Waals surface area contributed by atoms with E-state index in [1.54, 1.807) is 18.2 Å². The second kappa shape index (κ2) is 7.14. The summed E-state index contributed by atoms with van der Waals surface area (Å²) in [6.07, 6.45) is 0.809. The van der Waals surface area contributed by atoms with Crippen molar-refractivity contribution in [3.8, 4) is 0 Å². The Hall–Kier alpha value is -1.26. The van der Waals surface area contributed by atoms with Crippen molar-refractivity contribution in [2.45, 2.75) is 32.4 Å². The van der Waals surface area contributed by atoms with E-state index in [4.69, 9.17) is 0 Å². The molecule has 0 spiro atoms. The molecule has 0 amide bonds. The summed E-state index contributed by atoms with van der Waals surface area (Å²) >= 11 is 3.39. The molecule has 0 saturated carbocycles. The fourth-order valence-corrected chi connectivity index (χ4v) is 3.10. The highest BCUT2D eigenvalue weighted by Gasteiger charge is 2.13. The Morgan fingerprint density at radius 2 is 1.62 bits per heavy atom. The van der Waals surface area contributed by atoms with Crippen molar-refractivity contribution in [3.63, 3.8) is 0 Å². The van der Waals surface area contributed by atoms with Crippen molar-refractivity contribution >= 4 is 15.9 Å². The minimum absolute atomic E-state index is 0.0930. The Bertz CT molecular complexity index is 598. The molecule has 0 aliphatic carbocycles. The van der Waals surface area contributed by atoms with Gasteiger partial charge in [0.1, 0.15) is 11.6 Å². The maximum atomic E-state index is 13.1. The summed E-state index contributed by atoms with van der Waals surface area (Å²) in [6.45, 7) is 4.12. The molecule has 0 aliphatic rings. The van der Waals surface area contributed by atoms with Crippen LogP contribution >= 0.6 is 15.9 Å². The number of benzene rings is 2. The normalized spacial score (nSPS) is 14.0. The molecule has 2 unspecified atom stereocenters. The van der Waals surface area contributed by atoms with Gasteiger partial charge in [0, 0.05) is 16.6 Å². The first-order valence-electron chi connectivity index (χ1n) is 6.91. The van der Waals surface area contributed by atoms with Crippen LogP contribution in [0.15, 0.2) is 46.9 Å². The molecule has 0 aliphatic heterocycles. The van der Waals surface area contributed by atoms with E-state index in [0.29, 0.717) is 0 Å². The van der Waals surface area contributed by atoms with Crippen LogP contribution in [0.1, 0.15) is 31.0 Å². The van der Waals surface area contributed by atoms with Gasteiger partial charge in [-0.3, -0.25) is 0 Å². The molecule has 4 heteroatoms. The zero-order valence-corrected chi connectivity index (χ0v) is 13.6. The van der Waals surface area contributed by atoms with Crippen molar-refractivity contribution in [2.24, 2.45) is 0 Å². The predicted molar refractivity (Wildman–Crippen MR) is 85.2 cm³/mol. The number of hydrogen-bond acceptors (Lipinski definition) is 1. The maximum Gasteiger partial charge on any atom is 0.124 e. The Labute approximate surface area is 132 Å². The van der Waals surface area contributed by atoms with Crippen LogP contribution in [0, 0.1) is 11.6 Å². The van der Waals surface area contributed by atoms with Gasteiger partial charge in [-0.05, 0) is 55.7 Å². The highest BCUT2D eigenvalue weighted by molar-refractivity contribution is 9.10. The average Bonchev–Trinajstić information content (AvgIpc) is 2.41. The summed E-state index contributed by atoms with van der Waals surface area (Å²) in [7, 11) is 0. The molecule has 0 heterocycles. The molecule has 2 aromatic rings. The highest BCUT2D eigenvalue weighted by atomic mass is 79.9. The van der Waals surface area contributed by atoms with Gasteiger partial charge < -0.3 is 5.32 Å². The van der Waals surface area contributed by atoms with Crippen molar-refractivity contribution in [2.75, 3.05) is 0 Å². The zero-order chi connectivity index (χ0) is 15.4. The summed E-state index contributed by atoms with van der Waals surface area (Å²) in [6, 6.07) is 11.6. The lowest BCUT2D eigenvalue weighted by Gasteiger charge is -2.21. The standard InChI is InChI=1S/C17H18BrF2N/c1-11(9-13-3-5-14(19)6-4-13)21-12(2)16-8-7-15(20)10-17(16)18/h3-8,10-12,21H,9H2,1-2H3. The largest absolute Gasteiger partial charge is 0.307 e. The first-order chi connectivity index (χ1) is 9.95. The fraction of sp³-hybridized carbons (Fsp3) is 0.294. The van der Waals surface area contributed by atoms with Gasteiger partial charge in [0.05, 0.1) is 0 Å². The van der Waals surface area contributed by atoms with Crippen LogP contribution in [0.4, 0.5) is 8.78 Å². The molecular weight excluding hydrogens is 336 g/mol. The first-order valence-corrected chi connectivity index (χ1v) is 7.70. The van der Waals surface area contributed by atoms with Crippen LogP contribution in [0.25, 0.3) is 0 Å². The molecule has 2 atom stereocenters. The summed E-state index contributed by atoms with van der Waals surface area (Å²) < 4.78 is 26.8. The molecule has 2 rings (SSSR count). The smallest absolute Gasteiger partial charge is 0.124 e. The van der Waals surface area contributed by atoms with E-state index in [2.05, 4.69) is 28.2 Å². The molecule has 0 bridgehead atoms. The maximum absolute atomic E-state index is 13.1. The van der Waals surface area contributed by atoms with Crippen LogP contribution in [-0.2, 0) is 6.42 Å². The Kier molecular flexibility index (Phi) is 5.48. The van der Waals surface area contributed by atoms with Crippen molar-refractivity contribution in [1.29, 1.82) is 0 Å². The Morgan fingerprint density at radius 1 is 1.00 bits per heavy atom. The molecule has 0 saturated heterocycles. The summed E-state index contributed by atoms with van der Waals surface area (Å²) in [5.74, 6) is -0.472. The van der Waals surface area contributed by atoms with Crippen molar-refractivity contribution in [3.05, 3.63) is 69.7 Å². The lowest BCUT2D eigenvalue weighted by molar-refractivity contribution is 0.475. The molecule has 0 aromatic heterocycles. The van der Waals surface area contributed by atoms with E-state index >= 15 is 0 Å². The number of hydrogen-bond donors (Lipinski definition) is 1. The molecule has 0 fully saturated rings. The van der Waals surface area contributed by atoms with Gasteiger partial charge in [-0.2, -0.15) is 0 Å². The second-order valence-corrected chi connectivity index (χ2v) is 6.14. The topological polar surface area (TPSA) is 12.0 Å². The van der Waals surface area contributed by atoms with Crippen LogP contribution in [0.2, 0.25) is 0 Å². The van der Waals surface area contributed by atoms with E-state index < -0.39 is 0 Å². The van der Waals surface area contributed by atoms with E-state index in [9.17, 15) is 8.78 Å². The predicted octanol–water partition coefficient (Wildman–Crippen LogP) is 5.01. The lowest BCUT2D eigenvalue weighted by Crippen LogP contribution is -2.30. The van der Waals surface area contributed by atoms with Gasteiger partial charge >= 0.3 is 0 Å². The minimum Gasteiger partial charge on any atom is -0.307 e. The van der Waals surface area contributed by atoms with E-state index in [1.807, 2.05) is 6.92 Å². The molecule has 1 N–H and O–H groups in total. The third-order valence-electron chi connectivity index (χ3n) is 3.42. The lowest BCUT2D eigenvalue weighted by atomic mass is 10.0. The number of rotatable bonds is 5. The first kappa shape index (κ1) is 16.1. The van der Waals surface area contributed by atoms with Gasteiger partial charge in [0.15, 0.2) is 0 Å². The van der Waals surface area contributed by atoms with Crippen molar-refractivity contribution < 1.29 is 8.78 Å². The summed E-state index contributed by atoms with van der Waals surface area (Å²) in [4.78, 5) is 0. The van der Waals surface area contributed by atoms with E-state index in [0.717, 1.165) is 22.0 Å². The molecule has 1 nitrogen and oxygen atoms in total. The molecule has 112 valence electrons. The van der Waals surface area contributed by atoms with Gasteiger partial charge in [0.2, 0.25) is 0 Å². The van der Waals surface area contributed by atoms with E-state index in [-0.39, 0.29) is 23.7 Å². The van der Waals surface area contributed by atoms with E-state index in [1.165, 1.54) is 24.3 Å². The second-order valence-electron chi connectivity index (χ2n) is 5.29. The number of nitrogens with one attached hydrogen (secondary N) is 1. The minimum atomic E-state index is -0.253. The number of halogens is 3. The van der Waals surface area contributed by atoms with Crippen LogP contribution in [0.3, 0.4) is 0 Å². The zero-order valence-electron chi connectivity index (χ0n) is 12.0. The highest BCUT2D eigenvalue weighted by Crippen LogP contribution is 2.24. The summed E-state index contributed by atoms with van der Waals surface area (Å²) in [5.41, 5.74) is 2.10. The van der Waals surface area contributed by atoms with Gasteiger partial charge in [0.25, 0.3) is 0 Å². The average molecular weight is 354 g/mol. The van der Waals surface area contributed by atoms with Gasteiger partial charge in [-0.1, -0.05) is 34.1 Å². The monoisotopic (exact) mass is 353 g/mol. The summed E-state index contributed by atoms with van der Waals surface area (Å²) in [5, 5.41) is 3.47. The van der Waals surface area contributed by atoms with Crippen LogP contribution in [-0.4, -0.2) is 6.04 Å². The van der Waals surface area contributed by atoms with Crippen LogP contribution < -0.4 is 5.32 Å². The fourth-order valence-electron chi connectivity index (χ4n) is 2.40. The van der Waals surface area contributed by atoms with Gasteiger partial charge in [-0.25, -0.2) is 8.78 Å². The molecule has 0 radical (unpaired) electrons. The van der Waals surface area contributed by atoms with Crippen LogP contribution in [0.5, 0.6) is 0 Å².